The Hall–Kier alpha value is -2.48. The summed E-state index contributed by atoms with van der Waals surface area (Å²) in [7, 11) is -3.86. The molecule has 0 spiro atoms. The molecule has 3 aromatic carbocycles. The topological polar surface area (TPSA) is 66.5 Å². The number of carbonyl (C=O) groups excluding carboxylic acids is 1. The molecule has 0 bridgehead atoms. The zero-order valence-electron chi connectivity index (χ0n) is 15.9. The molecule has 3 aromatic rings. The van der Waals surface area contributed by atoms with Crippen LogP contribution in [0.5, 0.6) is 0 Å². The summed E-state index contributed by atoms with van der Waals surface area (Å²) in [5, 5.41) is 2.78. The molecule has 0 saturated heterocycles. The van der Waals surface area contributed by atoms with Gasteiger partial charge in [-0.2, -0.15) is 4.31 Å². The summed E-state index contributed by atoms with van der Waals surface area (Å²) in [6.07, 6.45) is 0. The molecule has 3 rings (SSSR count). The fourth-order valence-corrected chi connectivity index (χ4v) is 4.50. The van der Waals surface area contributed by atoms with Crippen LogP contribution in [0.25, 0.3) is 0 Å². The highest BCUT2D eigenvalue weighted by Crippen LogP contribution is 2.21. The number of sulfonamides is 1. The van der Waals surface area contributed by atoms with Crippen LogP contribution in [0.4, 0.5) is 5.69 Å². The lowest BCUT2D eigenvalue weighted by Gasteiger charge is -2.22. The van der Waals surface area contributed by atoms with Crippen LogP contribution in [-0.4, -0.2) is 25.2 Å². The number of nitrogens with one attached hydrogen (secondary N) is 1. The predicted molar refractivity (Wildman–Crippen MR) is 118 cm³/mol. The Bertz CT molecular complexity index is 1080. The summed E-state index contributed by atoms with van der Waals surface area (Å²) in [5.41, 5.74) is 2.44. The van der Waals surface area contributed by atoms with Crippen LogP contribution >= 0.6 is 15.9 Å². The quantitative estimate of drug-likeness (QED) is 0.546. The van der Waals surface area contributed by atoms with Crippen LogP contribution in [-0.2, 0) is 21.4 Å². The Morgan fingerprint density at radius 3 is 2.31 bits per heavy atom. The highest BCUT2D eigenvalue weighted by Gasteiger charge is 2.27. The minimum atomic E-state index is -3.86. The first-order valence-electron chi connectivity index (χ1n) is 9.01. The molecule has 7 heteroatoms. The normalized spacial score (nSPS) is 11.4. The van der Waals surface area contributed by atoms with E-state index in [1.165, 1.54) is 16.4 Å². The standard InChI is InChI=1S/C22H21BrN2O3S/c1-17-6-5-9-20(14-17)24-22(26)16-25(15-18-7-3-2-4-8-18)29(27,28)21-12-10-19(23)11-13-21/h2-14H,15-16H2,1H3,(H,24,26). The molecule has 0 atom stereocenters. The maximum absolute atomic E-state index is 13.2. The summed E-state index contributed by atoms with van der Waals surface area (Å²) in [6.45, 7) is 1.73. The molecule has 0 radical (unpaired) electrons. The van der Waals surface area contributed by atoms with E-state index in [0.29, 0.717) is 5.69 Å². The van der Waals surface area contributed by atoms with Crippen molar-refractivity contribution in [3.8, 4) is 0 Å². The minimum absolute atomic E-state index is 0.0977. The number of anilines is 1. The Morgan fingerprint density at radius 2 is 1.66 bits per heavy atom. The highest BCUT2D eigenvalue weighted by molar-refractivity contribution is 9.10. The monoisotopic (exact) mass is 472 g/mol. The number of hydrogen-bond donors (Lipinski definition) is 1. The lowest BCUT2D eigenvalue weighted by Crippen LogP contribution is -2.37. The van der Waals surface area contributed by atoms with Crippen molar-refractivity contribution in [3.05, 3.63) is 94.5 Å². The minimum Gasteiger partial charge on any atom is -0.325 e. The first-order chi connectivity index (χ1) is 13.8. The molecule has 0 aliphatic rings. The fourth-order valence-electron chi connectivity index (χ4n) is 2.85. The highest BCUT2D eigenvalue weighted by atomic mass is 79.9. The Balaban J connectivity index is 1.86. The lowest BCUT2D eigenvalue weighted by atomic mass is 10.2. The van der Waals surface area contributed by atoms with Crippen molar-refractivity contribution in [1.29, 1.82) is 0 Å². The van der Waals surface area contributed by atoms with Crippen LogP contribution in [0.1, 0.15) is 11.1 Å². The lowest BCUT2D eigenvalue weighted by molar-refractivity contribution is -0.116. The Morgan fingerprint density at radius 1 is 0.966 bits per heavy atom. The number of hydrogen-bond acceptors (Lipinski definition) is 3. The van der Waals surface area contributed by atoms with E-state index in [1.807, 2.05) is 55.5 Å². The number of rotatable bonds is 7. The van der Waals surface area contributed by atoms with Gasteiger partial charge in [0, 0.05) is 16.7 Å². The summed E-state index contributed by atoms with van der Waals surface area (Å²) >= 11 is 3.31. The van der Waals surface area contributed by atoms with Crippen LogP contribution in [0, 0.1) is 6.92 Å². The van der Waals surface area contributed by atoms with Gasteiger partial charge in [-0.1, -0.05) is 58.4 Å². The third-order valence-corrected chi connectivity index (χ3v) is 6.61. The van der Waals surface area contributed by atoms with Gasteiger partial charge in [0.05, 0.1) is 11.4 Å². The largest absolute Gasteiger partial charge is 0.325 e. The van der Waals surface area contributed by atoms with E-state index in [-0.39, 0.29) is 18.0 Å². The van der Waals surface area contributed by atoms with Gasteiger partial charge in [0.15, 0.2) is 0 Å². The summed E-state index contributed by atoms with van der Waals surface area (Å²) in [4.78, 5) is 12.8. The van der Waals surface area contributed by atoms with Gasteiger partial charge in [-0.15, -0.1) is 0 Å². The van der Waals surface area contributed by atoms with E-state index in [0.717, 1.165) is 15.6 Å². The number of amides is 1. The maximum atomic E-state index is 13.2. The number of halogens is 1. The average Bonchev–Trinajstić information content (AvgIpc) is 2.68. The molecule has 1 amide bonds. The van der Waals surface area contributed by atoms with Gasteiger partial charge < -0.3 is 5.32 Å². The second-order valence-electron chi connectivity index (χ2n) is 6.63. The van der Waals surface area contributed by atoms with Crippen molar-refractivity contribution in [3.63, 3.8) is 0 Å². The van der Waals surface area contributed by atoms with Gasteiger partial charge in [-0.25, -0.2) is 8.42 Å². The van der Waals surface area contributed by atoms with E-state index in [1.54, 1.807) is 18.2 Å². The van der Waals surface area contributed by atoms with Crippen LogP contribution in [0.3, 0.4) is 0 Å². The Kier molecular flexibility index (Phi) is 6.84. The zero-order chi connectivity index (χ0) is 20.9. The van der Waals surface area contributed by atoms with Crippen LogP contribution in [0.15, 0.2) is 88.2 Å². The second-order valence-corrected chi connectivity index (χ2v) is 9.48. The van der Waals surface area contributed by atoms with Crippen molar-refractivity contribution < 1.29 is 13.2 Å². The van der Waals surface area contributed by atoms with Gasteiger partial charge in [-0.3, -0.25) is 4.79 Å². The smallest absolute Gasteiger partial charge is 0.243 e. The van der Waals surface area contributed by atoms with E-state index in [9.17, 15) is 13.2 Å². The molecule has 1 N–H and O–H groups in total. The maximum Gasteiger partial charge on any atom is 0.243 e. The van der Waals surface area contributed by atoms with Crippen LogP contribution < -0.4 is 5.32 Å². The summed E-state index contributed by atoms with van der Waals surface area (Å²) in [6, 6.07) is 23.0. The SMILES string of the molecule is Cc1cccc(NC(=O)CN(Cc2ccccc2)S(=O)(=O)c2ccc(Br)cc2)c1. The van der Waals surface area contributed by atoms with Crippen molar-refractivity contribution >= 4 is 37.5 Å². The predicted octanol–water partition coefficient (Wildman–Crippen LogP) is 4.59. The van der Waals surface area contributed by atoms with Crippen molar-refractivity contribution in [2.45, 2.75) is 18.4 Å². The zero-order valence-corrected chi connectivity index (χ0v) is 18.3. The molecule has 0 unspecified atom stereocenters. The third-order valence-electron chi connectivity index (χ3n) is 4.27. The molecule has 0 saturated carbocycles. The van der Waals surface area contributed by atoms with Gasteiger partial charge in [0.2, 0.25) is 15.9 Å². The molecule has 150 valence electrons. The second kappa shape index (κ2) is 9.35. The van der Waals surface area contributed by atoms with Gasteiger partial charge in [0.25, 0.3) is 0 Å². The van der Waals surface area contributed by atoms with E-state index in [2.05, 4.69) is 21.2 Å². The van der Waals surface area contributed by atoms with Gasteiger partial charge in [0.1, 0.15) is 0 Å². The summed E-state index contributed by atoms with van der Waals surface area (Å²) < 4.78 is 28.4. The average molecular weight is 473 g/mol. The molecule has 5 nitrogen and oxygen atoms in total. The molecule has 0 aliphatic heterocycles. The number of benzene rings is 3. The van der Waals surface area contributed by atoms with Crippen LogP contribution in [0.2, 0.25) is 0 Å². The molecule has 0 fully saturated rings. The fraction of sp³-hybridized carbons (Fsp3) is 0.136. The molecular weight excluding hydrogens is 452 g/mol. The number of nitrogens with zero attached hydrogens (tertiary/aromatic N) is 1. The van der Waals surface area contributed by atoms with Crippen molar-refractivity contribution in [2.24, 2.45) is 0 Å². The molecule has 0 heterocycles. The molecular formula is C22H21BrN2O3S. The van der Waals surface area contributed by atoms with Gasteiger partial charge >= 0.3 is 0 Å². The molecule has 29 heavy (non-hydrogen) atoms. The first-order valence-corrected chi connectivity index (χ1v) is 11.2. The van der Waals surface area contributed by atoms with E-state index in [4.69, 9.17) is 0 Å². The molecule has 0 aromatic heterocycles. The Labute approximate surface area is 179 Å². The first kappa shape index (κ1) is 21.2. The van der Waals surface area contributed by atoms with Gasteiger partial charge in [-0.05, 0) is 54.4 Å². The molecule has 0 aliphatic carbocycles. The van der Waals surface area contributed by atoms with Crippen molar-refractivity contribution in [1.82, 2.24) is 4.31 Å². The third kappa shape index (κ3) is 5.76. The van der Waals surface area contributed by atoms with E-state index >= 15 is 0 Å². The number of aryl methyl sites for hydroxylation is 1. The number of carbonyl (C=O) groups is 1. The van der Waals surface area contributed by atoms with E-state index < -0.39 is 15.9 Å². The van der Waals surface area contributed by atoms with Crippen molar-refractivity contribution in [2.75, 3.05) is 11.9 Å². The summed E-state index contributed by atoms with van der Waals surface area (Å²) in [5.74, 6) is -0.396.